The average Bonchev–Trinajstić information content (AvgIpc) is 2.44. The molecule has 2 aromatic rings. The Morgan fingerprint density at radius 1 is 0.684 bits per heavy atom. The predicted molar refractivity (Wildman–Crippen MR) is 71.8 cm³/mol. The van der Waals surface area contributed by atoms with Gasteiger partial charge in [0.15, 0.2) is 0 Å². The fourth-order valence-corrected chi connectivity index (χ4v) is 1.44. The third-order valence-electron chi connectivity index (χ3n) is 2.29. The van der Waals surface area contributed by atoms with Gasteiger partial charge in [0, 0.05) is 0 Å². The van der Waals surface area contributed by atoms with Gasteiger partial charge in [-0.05, 0) is 48.5 Å². The molecule has 0 bridgehead atoms. The number of hydrogen-bond acceptors (Lipinski definition) is 5. The molecule has 19 heavy (non-hydrogen) atoms. The summed E-state index contributed by atoms with van der Waals surface area (Å²) < 4.78 is 5.57. The van der Waals surface area contributed by atoms with Crippen molar-refractivity contribution in [2.45, 2.75) is 0 Å². The highest BCUT2D eigenvalue weighted by molar-refractivity contribution is 5.48. The minimum absolute atomic E-state index is 0.582. The second kappa shape index (κ2) is 6.10. The molecule has 0 atom stereocenters. The van der Waals surface area contributed by atoms with Gasteiger partial charge in [-0.1, -0.05) is 0 Å². The molecule has 0 aliphatic heterocycles. The van der Waals surface area contributed by atoms with E-state index in [0.717, 1.165) is 0 Å². The van der Waals surface area contributed by atoms with Gasteiger partial charge in [-0.25, -0.2) is 10.9 Å². The van der Waals surface area contributed by atoms with Crippen molar-refractivity contribution >= 4 is 11.4 Å². The Bertz CT molecular complexity index is 503. The highest BCUT2D eigenvalue weighted by Gasteiger charge is 1.98. The minimum atomic E-state index is 0.582. The van der Waals surface area contributed by atoms with Crippen LogP contribution in [0.3, 0.4) is 0 Å². The summed E-state index contributed by atoms with van der Waals surface area (Å²) in [5.41, 5.74) is 5.74. The van der Waals surface area contributed by atoms with Crippen LogP contribution in [0.1, 0.15) is 0 Å². The molecule has 0 heterocycles. The summed E-state index contributed by atoms with van der Waals surface area (Å²) in [6.07, 6.45) is 0. The summed E-state index contributed by atoms with van der Waals surface area (Å²) in [5, 5.41) is 5.13. The van der Waals surface area contributed by atoms with Crippen molar-refractivity contribution < 1.29 is 4.74 Å². The van der Waals surface area contributed by atoms with Crippen LogP contribution in [0.4, 0.5) is 11.4 Å². The molecule has 0 fully saturated rings. The molecule has 7 nitrogen and oxygen atoms in total. The number of nitroso groups, excluding NO2 is 2. The summed E-state index contributed by atoms with van der Waals surface area (Å²) in [6.45, 7) is 0. The molecule has 0 radical (unpaired) electrons. The van der Waals surface area contributed by atoms with E-state index < -0.39 is 0 Å². The van der Waals surface area contributed by atoms with Gasteiger partial charge in [0.25, 0.3) is 0 Å². The first-order chi connectivity index (χ1) is 9.31. The van der Waals surface area contributed by atoms with Crippen LogP contribution in [-0.4, -0.2) is 0 Å². The standard InChI is InChI=1S/C12H10N4O3/c17-15-13-9-1-5-11(6-2-9)19-12-7-3-10(4-8-12)14-16-18/h1-8H,(H,13,17)(H,14,18). The Hall–Kier alpha value is -2.96. The Kier molecular flexibility index (Phi) is 4.01. The second-order valence-corrected chi connectivity index (χ2v) is 3.56. The van der Waals surface area contributed by atoms with Crippen molar-refractivity contribution in [2.75, 3.05) is 10.9 Å². The molecular formula is C12H10N4O3. The van der Waals surface area contributed by atoms with Gasteiger partial charge in [0.2, 0.25) is 0 Å². The van der Waals surface area contributed by atoms with E-state index in [1.807, 2.05) is 0 Å². The molecule has 0 amide bonds. The Labute approximate surface area is 108 Å². The summed E-state index contributed by atoms with van der Waals surface area (Å²) in [7, 11) is 0. The maximum atomic E-state index is 10.0. The van der Waals surface area contributed by atoms with Crippen LogP contribution in [0, 0.1) is 9.81 Å². The zero-order chi connectivity index (χ0) is 13.5. The lowest BCUT2D eigenvalue weighted by Crippen LogP contribution is -1.88. The van der Waals surface area contributed by atoms with E-state index in [2.05, 4.69) is 21.4 Å². The molecule has 96 valence electrons. The third kappa shape index (κ3) is 3.50. The molecule has 0 saturated carbocycles. The second-order valence-electron chi connectivity index (χ2n) is 3.56. The average molecular weight is 258 g/mol. The Morgan fingerprint density at radius 3 is 1.37 bits per heavy atom. The molecule has 0 spiro atoms. The van der Waals surface area contributed by atoms with Crippen molar-refractivity contribution in [3.63, 3.8) is 0 Å². The van der Waals surface area contributed by atoms with Crippen LogP contribution in [0.2, 0.25) is 0 Å². The quantitative estimate of drug-likeness (QED) is 0.609. The number of hydrogen-bond donors (Lipinski definition) is 2. The van der Waals surface area contributed by atoms with Crippen LogP contribution in [-0.2, 0) is 0 Å². The zero-order valence-corrected chi connectivity index (χ0v) is 9.74. The third-order valence-corrected chi connectivity index (χ3v) is 2.29. The van der Waals surface area contributed by atoms with Gasteiger partial charge in [0.05, 0.1) is 21.9 Å². The van der Waals surface area contributed by atoms with Crippen molar-refractivity contribution in [1.29, 1.82) is 0 Å². The van der Waals surface area contributed by atoms with E-state index in [0.29, 0.717) is 22.9 Å². The number of ether oxygens (including phenoxy) is 1. The number of benzene rings is 2. The molecule has 0 aliphatic carbocycles. The molecule has 2 rings (SSSR count). The van der Waals surface area contributed by atoms with Gasteiger partial charge in [-0.15, -0.1) is 9.81 Å². The van der Waals surface area contributed by atoms with Crippen molar-refractivity contribution in [3.05, 3.63) is 58.3 Å². The predicted octanol–water partition coefficient (Wildman–Crippen LogP) is 3.67. The molecule has 7 heteroatoms. The van der Waals surface area contributed by atoms with E-state index in [9.17, 15) is 9.81 Å². The molecule has 2 aromatic carbocycles. The fraction of sp³-hybridized carbons (Fsp3) is 0. The molecule has 0 aromatic heterocycles. The van der Waals surface area contributed by atoms with Crippen LogP contribution < -0.4 is 15.6 Å². The Morgan fingerprint density at radius 2 is 1.05 bits per heavy atom. The van der Waals surface area contributed by atoms with Gasteiger partial charge in [-0.3, -0.25) is 0 Å². The van der Waals surface area contributed by atoms with Gasteiger partial charge >= 0.3 is 0 Å². The first-order valence-electron chi connectivity index (χ1n) is 5.36. The van der Waals surface area contributed by atoms with Gasteiger partial charge < -0.3 is 4.74 Å². The van der Waals surface area contributed by atoms with Crippen LogP contribution >= 0.6 is 0 Å². The fourth-order valence-electron chi connectivity index (χ4n) is 1.44. The first kappa shape index (κ1) is 12.5. The van der Waals surface area contributed by atoms with Crippen molar-refractivity contribution in [3.8, 4) is 11.5 Å². The van der Waals surface area contributed by atoms with Gasteiger partial charge in [0.1, 0.15) is 11.5 Å². The first-order valence-corrected chi connectivity index (χ1v) is 5.36. The van der Waals surface area contributed by atoms with E-state index >= 15 is 0 Å². The lowest BCUT2D eigenvalue weighted by Gasteiger charge is -2.06. The SMILES string of the molecule is O=NNc1ccc(Oc2ccc(NN=O)cc2)cc1. The minimum Gasteiger partial charge on any atom is -0.457 e. The monoisotopic (exact) mass is 258 g/mol. The van der Waals surface area contributed by atoms with Crippen molar-refractivity contribution in [1.82, 2.24) is 0 Å². The van der Waals surface area contributed by atoms with Crippen LogP contribution in [0.5, 0.6) is 11.5 Å². The lowest BCUT2D eigenvalue weighted by atomic mass is 10.3. The summed E-state index contributed by atoms with van der Waals surface area (Å²) in [6, 6.07) is 13.5. The van der Waals surface area contributed by atoms with Gasteiger partial charge in [-0.2, -0.15) is 0 Å². The van der Waals surface area contributed by atoms with E-state index in [-0.39, 0.29) is 0 Å². The van der Waals surface area contributed by atoms with Crippen molar-refractivity contribution in [2.24, 2.45) is 10.6 Å². The van der Waals surface area contributed by atoms with E-state index in [4.69, 9.17) is 4.74 Å². The topological polar surface area (TPSA) is 92.2 Å². The summed E-state index contributed by atoms with van der Waals surface area (Å²) >= 11 is 0. The van der Waals surface area contributed by atoms with Crippen LogP contribution in [0.15, 0.2) is 59.1 Å². The number of anilines is 2. The highest BCUT2D eigenvalue weighted by atomic mass is 16.5. The smallest absolute Gasteiger partial charge is 0.127 e. The largest absolute Gasteiger partial charge is 0.457 e. The number of nitrogens with one attached hydrogen (secondary N) is 2. The maximum Gasteiger partial charge on any atom is 0.127 e. The molecule has 0 unspecified atom stereocenters. The summed E-state index contributed by atoms with van der Waals surface area (Å²) in [5.74, 6) is 1.23. The highest BCUT2D eigenvalue weighted by Crippen LogP contribution is 2.24. The van der Waals surface area contributed by atoms with Crippen LogP contribution in [0.25, 0.3) is 0 Å². The number of nitrogens with zero attached hydrogens (tertiary/aromatic N) is 2. The zero-order valence-electron chi connectivity index (χ0n) is 9.74. The maximum absolute atomic E-state index is 10.0. The van der Waals surface area contributed by atoms with E-state index in [1.54, 1.807) is 48.5 Å². The Balaban J connectivity index is 2.03. The number of rotatable bonds is 6. The molecular weight excluding hydrogens is 248 g/mol. The molecule has 2 N–H and O–H groups in total. The lowest BCUT2D eigenvalue weighted by molar-refractivity contribution is 0.483. The summed E-state index contributed by atoms with van der Waals surface area (Å²) in [4.78, 5) is 20.0. The normalized spacial score (nSPS) is 9.47. The molecule has 0 saturated heterocycles. The van der Waals surface area contributed by atoms with E-state index in [1.165, 1.54) is 0 Å². The molecule has 0 aliphatic rings.